The van der Waals surface area contributed by atoms with Gasteiger partial charge in [-0.15, -0.1) is 0 Å². The molecule has 4 rings (SSSR count). The first-order chi connectivity index (χ1) is 13.1. The Morgan fingerprint density at radius 1 is 1.04 bits per heavy atom. The fourth-order valence-corrected chi connectivity index (χ4v) is 3.49. The van der Waals surface area contributed by atoms with Crippen LogP contribution in [0.15, 0.2) is 66.9 Å². The minimum absolute atomic E-state index is 0.284. The fourth-order valence-electron chi connectivity index (χ4n) is 3.49. The summed E-state index contributed by atoms with van der Waals surface area (Å²) in [5.41, 5.74) is 5.88. The Morgan fingerprint density at radius 2 is 1.78 bits per heavy atom. The van der Waals surface area contributed by atoms with Crippen molar-refractivity contribution in [3.63, 3.8) is 0 Å². The minimum Gasteiger partial charge on any atom is -0.488 e. The zero-order valence-corrected chi connectivity index (χ0v) is 14.6. The van der Waals surface area contributed by atoms with Crippen LogP contribution < -0.4 is 10.5 Å². The molecular formula is C21H19N3O3. The van der Waals surface area contributed by atoms with Gasteiger partial charge in [-0.1, -0.05) is 42.5 Å². The van der Waals surface area contributed by atoms with E-state index in [1.165, 1.54) is 4.90 Å². The minimum atomic E-state index is -0.716. The Balaban J connectivity index is 1.62. The maximum atomic E-state index is 13.2. The van der Waals surface area contributed by atoms with Crippen LogP contribution in [0.5, 0.6) is 5.75 Å². The van der Waals surface area contributed by atoms with Gasteiger partial charge in [-0.3, -0.25) is 14.6 Å². The number of fused-ring (bicyclic) bond motifs is 1. The van der Waals surface area contributed by atoms with E-state index < -0.39 is 11.9 Å². The smallest absolute Gasteiger partial charge is 0.273 e. The van der Waals surface area contributed by atoms with E-state index in [9.17, 15) is 9.59 Å². The van der Waals surface area contributed by atoms with Crippen molar-refractivity contribution in [3.8, 4) is 5.75 Å². The average molecular weight is 361 g/mol. The second kappa shape index (κ2) is 7.07. The van der Waals surface area contributed by atoms with E-state index in [1.54, 1.807) is 6.20 Å². The Kier molecular flexibility index (Phi) is 4.46. The third kappa shape index (κ3) is 3.33. The van der Waals surface area contributed by atoms with E-state index >= 15 is 0 Å². The van der Waals surface area contributed by atoms with E-state index in [2.05, 4.69) is 4.98 Å². The molecule has 1 aliphatic rings. The van der Waals surface area contributed by atoms with Crippen molar-refractivity contribution in [3.05, 3.63) is 72.6 Å². The lowest BCUT2D eigenvalue weighted by molar-refractivity contribution is -0.121. The van der Waals surface area contributed by atoms with Gasteiger partial charge in [0.05, 0.1) is 6.54 Å². The number of nitrogens with two attached hydrogens (primary N) is 1. The molecule has 1 aromatic heterocycles. The largest absolute Gasteiger partial charge is 0.488 e. The third-order valence-electron chi connectivity index (χ3n) is 4.77. The van der Waals surface area contributed by atoms with E-state index in [-0.39, 0.29) is 18.6 Å². The van der Waals surface area contributed by atoms with Crippen molar-refractivity contribution < 1.29 is 14.3 Å². The number of hydrogen-bond acceptors (Lipinski definition) is 4. The van der Waals surface area contributed by atoms with Gasteiger partial charge in [-0.25, -0.2) is 0 Å². The van der Waals surface area contributed by atoms with Crippen molar-refractivity contribution in [1.29, 1.82) is 0 Å². The number of nitrogens with zero attached hydrogens (tertiary/aromatic N) is 2. The van der Waals surface area contributed by atoms with Crippen LogP contribution in [0.25, 0.3) is 10.8 Å². The summed E-state index contributed by atoms with van der Waals surface area (Å²) < 4.78 is 5.94. The molecule has 2 atom stereocenters. The number of likely N-dealkylation sites (tertiary alicyclic amines) is 1. The molecule has 2 N–H and O–H groups in total. The van der Waals surface area contributed by atoms with Gasteiger partial charge in [0.2, 0.25) is 5.91 Å². The summed E-state index contributed by atoms with van der Waals surface area (Å²) in [6.45, 7) is 0.284. The zero-order valence-electron chi connectivity index (χ0n) is 14.6. The highest BCUT2D eigenvalue weighted by molar-refractivity contribution is 6.06. The Labute approximate surface area is 156 Å². The summed E-state index contributed by atoms with van der Waals surface area (Å²) in [5.74, 6) is -0.152. The molecule has 1 aliphatic heterocycles. The Morgan fingerprint density at radius 3 is 2.56 bits per heavy atom. The molecular weight excluding hydrogens is 342 g/mol. The number of para-hydroxylation sites is 1. The predicted molar refractivity (Wildman–Crippen MR) is 101 cm³/mol. The summed E-state index contributed by atoms with van der Waals surface area (Å²) in [4.78, 5) is 30.9. The summed E-state index contributed by atoms with van der Waals surface area (Å²) in [5, 5.41) is 1.67. The monoisotopic (exact) mass is 361 g/mol. The number of carbonyl (C=O) groups is 2. The molecule has 0 spiro atoms. The SMILES string of the molecule is NC(=O)[C@@H]1C[C@H](Oc2ccccc2)CN1C(=O)c1nccc2ccccc12. The third-order valence-corrected chi connectivity index (χ3v) is 4.77. The van der Waals surface area contributed by atoms with Crippen LogP contribution in [0.2, 0.25) is 0 Å². The number of aromatic nitrogens is 1. The number of benzene rings is 2. The number of primary amides is 1. The molecule has 1 saturated heterocycles. The van der Waals surface area contributed by atoms with E-state index in [0.29, 0.717) is 17.9 Å². The van der Waals surface area contributed by atoms with Gasteiger partial charge in [0.15, 0.2) is 0 Å². The van der Waals surface area contributed by atoms with Crippen LogP contribution in [-0.4, -0.2) is 40.4 Å². The number of pyridine rings is 1. The van der Waals surface area contributed by atoms with E-state index in [4.69, 9.17) is 10.5 Å². The van der Waals surface area contributed by atoms with Crippen LogP contribution >= 0.6 is 0 Å². The lowest BCUT2D eigenvalue weighted by Gasteiger charge is -2.22. The fraction of sp³-hybridized carbons (Fsp3) is 0.190. The topological polar surface area (TPSA) is 85.5 Å². The Hall–Kier alpha value is -3.41. The van der Waals surface area contributed by atoms with Crippen molar-refractivity contribution >= 4 is 22.6 Å². The van der Waals surface area contributed by atoms with Crippen molar-refractivity contribution in [2.75, 3.05) is 6.54 Å². The van der Waals surface area contributed by atoms with Gasteiger partial charge in [0.1, 0.15) is 23.6 Å². The van der Waals surface area contributed by atoms with Gasteiger partial charge in [0.25, 0.3) is 5.91 Å². The number of ether oxygens (including phenoxy) is 1. The van der Waals surface area contributed by atoms with E-state index in [1.807, 2.05) is 60.7 Å². The highest BCUT2D eigenvalue weighted by atomic mass is 16.5. The maximum Gasteiger partial charge on any atom is 0.273 e. The van der Waals surface area contributed by atoms with Gasteiger partial charge in [0, 0.05) is 18.0 Å². The lowest BCUT2D eigenvalue weighted by atomic mass is 10.1. The van der Waals surface area contributed by atoms with Gasteiger partial charge in [-0.2, -0.15) is 0 Å². The van der Waals surface area contributed by atoms with Crippen molar-refractivity contribution in [1.82, 2.24) is 9.88 Å². The zero-order chi connectivity index (χ0) is 18.8. The Bertz CT molecular complexity index is 985. The first-order valence-electron chi connectivity index (χ1n) is 8.79. The number of rotatable bonds is 4. The molecule has 0 aliphatic carbocycles. The molecule has 1 fully saturated rings. The number of hydrogen-bond donors (Lipinski definition) is 1. The molecule has 6 heteroatoms. The standard InChI is InChI=1S/C21H19N3O3/c22-20(25)18-12-16(27-15-7-2-1-3-8-15)13-24(18)21(26)19-17-9-5-4-6-14(17)10-11-23-19/h1-11,16,18H,12-13H2,(H2,22,25)/t16-,18-/m0/s1. The summed E-state index contributed by atoms with van der Waals surface area (Å²) in [6, 6.07) is 18.0. The average Bonchev–Trinajstić information content (AvgIpc) is 3.12. The quantitative estimate of drug-likeness (QED) is 0.773. The number of amides is 2. The van der Waals surface area contributed by atoms with Crippen LogP contribution in [0.4, 0.5) is 0 Å². The molecule has 3 aromatic rings. The molecule has 0 bridgehead atoms. The van der Waals surface area contributed by atoms with Crippen molar-refractivity contribution in [2.45, 2.75) is 18.6 Å². The normalized spacial score (nSPS) is 19.2. The van der Waals surface area contributed by atoms with Crippen LogP contribution in [-0.2, 0) is 4.79 Å². The summed E-state index contributed by atoms with van der Waals surface area (Å²) >= 11 is 0. The van der Waals surface area contributed by atoms with Crippen LogP contribution in [0, 0.1) is 0 Å². The summed E-state index contributed by atoms with van der Waals surface area (Å²) in [6.07, 6.45) is 1.66. The molecule has 0 saturated carbocycles. The highest BCUT2D eigenvalue weighted by Gasteiger charge is 2.40. The predicted octanol–water partition coefficient (Wildman–Crippen LogP) is 2.38. The summed E-state index contributed by atoms with van der Waals surface area (Å²) in [7, 11) is 0. The molecule has 0 radical (unpaired) electrons. The molecule has 6 nitrogen and oxygen atoms in total. The molecule has 2 aromatic carbocycles. The second-order valence-electron chi connectivity index (χ2n) is 6.54. The first-order valence-corrected chi connectivity index (χ1v) is 8.79. The van der Waals surface area contributed by atoms with Crippen LogP contribution in [0.3, 0.4) is 0 Å². The van der Waals surface area contributed by atoms with E-state index in [0.717, 1.165) is 10.8 Å². The van der Waals surface area contributed by atoms with Gasteiger partial charge < -0.3 is 15.4 Å². The van der Waals surface area contributed by atoms with Crippen LogP contribution in [0.1, 0.15) is 16.9 Å². The maximum absolute atomic E-state index is 13.2. The first kappa shape index (κ1) is 17.0. The van der Waals surface area contributed by atoms with Gasteiger partial charge >= 0.3 is 0 Å². The number of carbonyl (C=O) groups excluding carboxylic acids is 2. The molecule has 27 heavy (non-hydrogen) atoms. The highest BCUT2D eigenvalue weighted by Crippen LogP contribution is 2.26. The molecule has 0 unspecified atom stereocenters. The second-order valence-corrected chi connectivity index (χ2v) is 6.54. The molecule has 2 amide bonds. The molecule has 2 heterocycles. The van der Waals surface area contributed by atoms with Crippen molar-refractivity contribution in [2.24, 2.45) is 5.73 Å². The van der Waals surface area contributed by atoms with Gasteiger partial charge in [-0.05, 0) is 23.6 Å². The lowest BCUT2D eigenvalue weighted by Crippen LogP contribution is -2.44. The molecule has 136 valence electrons.